The first-order valence-electron chi connectivity index (χ1n) is 8.53. The van der Waals surface area contributed by atoms with Crippen molar-refractivity contribution in [1.29, 1.82) is 0 Å². The van der Waals surface area contributed by atoms with Gasteiger partial charge in [-0.05, 0) is 45.6 Å². The first-order valence-corrected chi connectivity index (χ1v) is 8.53. The van der Waals surface area contributed by atoms with Crippen LogP contribution < -0.4 is 5.32 Å². The van der Waals surface area contributed by atoms with E-state index in [4.69, 9.17) is 0 Å². The molecule has 114 valence electrons. The highest BCUT2D eigenvalue weighted by Crippen LogP contribution is 2.22. The molecule has 19 heavy (non-hydrogen) atoms. The van der Waals surface area contributed by atoms with Gasteiger partial charge in [-0.1, -0.05) is 40.0 Å². The van der Waals surface area contributed by atoms with Crippen LogP contribution in [0.1, 0.15) is 73.1 Å². The fourth-order valence-corrected chi connectivity index (χ4v) is 3.16. The lowest BCUT2D eigenvalue weighted by atomic mass is 9.95. The summed E-state index contributed by atoms with van der Waals surface area (Å²) in [5, 5.41) is 3.76. The minimum Gasteiger partial charge on any atom is -0.310 e. The van der Waals surface area contributed by atoms with E-state index in [1.807, 2.05) is 0 Å². The van der Waals surface area contributed by atoms with Gasteiger partial charge >= 0.3 is 0 Å². The van der Waals surface area contributed by atoms with Crippen molar-refractivity contribution in [2.45, 2.75) is 84.7 Å². The summed E-state index contributed by atoms with van der Waals surface area (Å²) in [6, 6.07) is 0.733. The summed E-state index contributed by atoms with van der Waals surface area (Å²) in [7, 11) is 0. The molecule has 0 aliphatic carbocycles. The molecule has 0 bridgehead atoms. The van der Waals surface area contributed by atoms with E-state index in [0.717, 1.165) is 12.0 Å². The van der Waals surface area contributed by atoms with Crippen LogP contribution >= 0.6 is 0 Å². The summed E-state index contributed by atoms with van der Waals surface area (Å²) in [4.78, 5) is 2.76. The molecule has 1 saturated heterocycles. The van der Waals surface area contributed by atoms with Gasteiger partial charge in [-0.3, -0.25) is 4.90 Å². The molecule has 1 N–H and O–H groups in total. The molecule has 3 atom stereocenters. The molecular weight excluding hydrogens is 232 g/mol. The lowest BCUT2D eigenvalue weighted by molar-refractivity contribution is 0.141. The number of rotatable bonds is 7. The number of nitrogens with one attached hydrogen (secondary N) is 1. The lowest BCUT2D eigenvalue weighted by Crippen LogP contribution is -2.50. The predicted octanol–water partition coefficient (Wildman–Crippen LogP) is 4.06. The van der Waals surface area contributed by atoms with Crippen molar-refractivity contribution < 1.29 is 0 Å². The average Bonchev–Trinajstić information content (AvgIpc) is 2.55. The predicted molar refractivity (Wildman–Crippen MR) is 85.7 cm³/mol. The third-order valence-corrected chi connectivity index (χ3v) is 5.11. The fraction of sp³-hybridized carbons (Fsp3) is 1.00. The highest BCUT2D eigenvalue weighted by Gasteiger charge is 2.31. The molecule has 2 nitrogen and oxygen atoms in total. The zero-order valence-corrected chi connectivity index (χ0v) is 14.0. The summed E-state index contributed by atoms with van der Waals surface area (Å²) in [5.74, 6) is 0.890. The van der Waals surface area contributed by atoms with Gasteiger partial charge in [0.1, 0.15) is 0 Å². The van der Waals surface area contributed by atoms with E-state index in [9.17, 15) is 0 Å². The summed E-state index contributed by atoms with van der Waals surface area (Å²) in [6.45, 7) is 15.5. The van der Waals surface area contributed by atoms with Gasteiger partial charge in [0.05, 0.1) is 0 Å². The van der Waals surface area contributed by atoms with E-state index in [1.165, 1.54) is 58.2 Å². The van der Waals surface area contributed by atoms with E-state index in [2.05, 4.69) is 44.8 Å². The minimum atomic E-state index is 0.313. The highest BCUT2D eigenvalue weighted by atomic mass is 15.2. The van der Waals surface area contributed by atoms with Gasteiger partial charge in [0, 0.05) is 24.7 Å². The smallest absolute Gasteiger partial charge is 0.0277 e. The standard InChI is InChI=1S/C17H36N2/c1-6-9-10-16(7-2)13-19-14-17(5,8-3)18-12-11-15(19)4/h15-16,18H,6-14H2,1-5H3. The molecular formula is C17H36N2. The fourth-order valence-electron chi connectivity index (χ4n) is 3.16. The van der Waals surface area contributed by atoms with Gasteiger partial charge in [0.25, 0.3) is 0 Å². The Labute approximate surface area is 121 Å². The van der Waals surface area contributed by atoms with Gasteiger partial charge in [-0.25, -0.2) is 0 Å². The van der Waals surface area contributed by atoms with E-state index in [0.29, 0.717) is 5.54 Å². The molecule has 0 aromatic carbocycles. The molecule has 0 aromatic heterocycles. The Bertz CT molecular complexity index is 241. The van der Waals surface area contributed by atoms with Crippen molar-refractivity contribution in [3.8, 4) is 0 Å². The zero-order valence-electron chi connectivity index (χ0n) is 14.0. The van der Waals surface area contributed by atoms with Crippen molar-refractivity contribution in [3.05, 3.63) is 0 Å². The van der Waals surface area contributed by atoms with Crippen LogP contribution in [0, 0.1) is 5.92 Å². The van der Waals surface area contributed by atoms with Crippen molar-refractivity contribution in [3.63, 3.8) is 0 Å². The molecule has 1 rings (SSSR count). The van der Waals surface area contributed by atoms with Crippen LogP contribution in [0.25, 0.3) is 0 Å². The van der Waals surface area contributed by atoms with Gasteiger partial charge in [-0.2, -0.15) is 0 Å². The Morgan fingerprint density at radius 1 is 1.32 bits per heavy atom. The van der Waals surface area contributed by atoms with Crippen LogP contribution in [0.2, 0.25) is 0 Å². The summed E-state index contributed by atoms with van der Waals surface area (Å²) >= 11 is 0. The Hall–Kier alpha value is -0.0800. The SMILES string of the molecule is CCCCC(CC)CN1CC(C)(CC)NCCC1C. The Morgan fingerprint density at radius 3 is 2.63 bits per heavy atom. The molecule has 0 saturated carbocycles. The quantitative estimate of drug-likeness (QED) is 0.749. The van der Waals surface area contributed by atoms with Gasteiger partial charge in [0.2, 0.25) is 0 Å². The van der Waals surface area contributed by atoms with Crippen LogP contribution in [0.5, 0.6) is 0 Å². The monoisotopic (exact) mass is 268 g/mol. The molecule has 2 heteroatoms. The Morgan fingerprint density at radius 2 is 2.05 bits per heavy atom. The average molecular weight is 268 g/mol. The molecule has 0 aromatic rings. The van der Waals surface area contributed by atoms with E-state index < -0.39 is 0 Å². The Balaban J connectivity index is 2.60. The van der Waals surface area contributed by atoms with Gasteiger partial charge in [0.15, 0.2) is 0 Å². The summed E-state index contributed by atoms with van der Waals surface area (Å²) in [5.41, 5.74) is 0.313. The molecule has 1 heterocycles. The van der Waals surface area contributed by atoms with Crippen molar-refractivity contribution in [2.75, 3.05) is 19.6 Å². The molecule has 1 fully saturated rings. The maximum Gasteiger partial charge on any atom is 0.0277 e. The molecule has 1 aliphatic heterocycles. The number of hydrogen-bond acceptors (Lipinski definition) is 2. The normalized spacial score (nSPS) is 31.1. The maximum absolute atomic E-state index is 3.76. The molecule has 0 radical (unpaired) electrons. The van der Waals surface area contributed by atoms with Crippen LogP contribution in [-0.2, 0) is 0 Å². The van der Waals surface area contributed by atoms with Crippen LogP contribution in [0.3, 0.4) is 0 Å². The Kier molecular flexibility index (Phi) is 7.38. The van der Waals surface area contributed by atoms with Crippen molar-refractivity contribution >= 4 is 0 Å². The van der Waals surface area contributed by atoms with E-state index in [-0.39, 0.29) is 0 Å². The maximum atomic E-state index is 3.76. The third kappa shape index (κ3) is 5.43. The second kappa shape index (κ2) is 8.26. The van der Waals surface area contributed by atoms with Gasteiger partial charge in [-0.15, -0.1) is 0 Å². The van der Waals surface area contributed by atoms with Crippen molar-refractivity contribution in [1.82, 2.24) is 10.2 Å². The number of unbranched alkanes of at least 4 members (excludes halogenated alkanes) is 1. The first kappa shape index (κ1) is 17.0. The van der Waals surface area contributed by atoms with E-state index >= 15 is 0 Å². The third-order valence-electron chi connectivity index (χ3n) is 5.11. The molecule has 0 spiro atoms. The number of nitrogens with zero attached hydrogens (tertiary/aromatic N) is 1. The van der Waals surface area contributed by atoms with Crippen LogP contribution in [0.4, 0.5) is 0 Å². The summed E-state index contributed by atoms with van der Waals surface area (Å²) in [6.07, 6.45) is 7.98. The topological polar surface area (TPSA) is 15.3 Å². The zero-order chi connectivity index (χ0) is 14.3. The number of hydrogen-bond donors (Lipinski definition) is 1. The second-order valence-electron chi connectivity index (χ2n) is 6.82. The largest absolute Gasteiger partial charge is 0.310 e. The van der Waals surface area contributed by atoms with E-state index in [1.54, 1.807) is 0 Å². The molecule has 0 amide bonds. The minimum absolute atomic E-state index is 0.313. The summed E-state index contributed by atoms with van der Waals surface area (Å²) < 4.78 is 0. The molecule has 1 aliphatic rings. The molecule has 3 unspecified atom stereocenters. The van der Waals surface area contributed by atoms with Crippen LogP contribution in [-0.4, -0.2) is 36.1 Å². The highest BCUT2D eigenvalue weighted by molar-refractivity contribution is 4.90. The lowest BCUT2D eigenvalue weighted by Gasteiger charge is -2.36. The van der Waals surface area contributed by atoms with Crippen molar-refractivity contribution in [2.24, 2.45) is 5.92 Å². The van der Waals surface area contributed by atoms with Crippen LogP contribution in [0.15, 0.2) is 0 Å². The first-order chi connectivity index (χ1) is 9.04. The second-order valence-corrected chi connectivity index (χ2v) is 6.82. The van der Waals surface area contributed by atoms with Gasteiger partial charge < -0.3 is 5.32 Å².